The number of halogens is 2. The number of carbonyl (C=O) groups excluding carboxylic acids is 1. The van der Waals surface area contributed by atoms with Crippen LogP contribution >= 0.6 is 23.2 Å². The predicted molar refractivity (Wildman–Crippen MR) is 122 cm³/mol. The van der Waals surface area contributed by atoms with E-state index < -0.39 is 0 Å². The number of ether oxygens (including phenoxy) is 1. The molecular formula is C23H22Cl2N4O2. The maximum absolute atomic E-state index is 11.3. The fourth-order valence-corrected chi connectivity index (χ4v) is 4.19. The van der Waals surface area contributed by atoms with Gasteiger partial charge in [0.1, 0.15) is 5.69 Å². The van der Waals surface area contributed by atoms with Crippen molar-refractivity contribution in [2.75, 3.05) is 13.7 Å². The third kappa shape index (κ3) is 4.82. The Morgan fingerprint density at radius 1 is 1.13 bits per heavy atom. The third-order valence-corrected chi connectivity index (χ3v) is 5.95. The van der Waals surface area contributed by atoms with Gasteiger partial charge < -0.3 is 15.4 Å². The van der Waals surface area contributed by atoms with Crippen molar-refractivity contribution in [1.82, 2.24) is 20.6 Å². The second-order valence-electron chi connectivity index (χ2n) is 7.29. The first-order valence-electron chi connectivity index (χ1n) is 10.0. The smallest absolute Gasteiger partial charge is 0.237 e. The number of nitrogens with zero attached hydrogens (tertiary/aromatic N) is 2. The van der Waals surface area contributed by atoms with Crippen LogP contribution in [0.3, 0.4) is 0 Å². The van der Waals surface area contributed by atoms with E-state index in [9.17, 15) is 4.79 Å². The molecule has 1 aliphatic rings. The van der Waals surface area contributed by atoms with E-state index in [0.717, 1.165) is 23.1 Å². The van der Waals surface area contributed by atoms with E-state index in [1.165, 1.54) is 0 Å². The van der Waals surface area contributed by atoms with Gasteiger partial charge in [-0.15, -0.1) is 0 Å². The molecule has 8 heteroatoms. The number of aromatic nitrogens is 2. The van der Waals surface area contributed by atoms with E-state index in [1.807, 2.05) is 42.5 Å². The van der Waals surface area contributed by atoms with Crippen molar-refractivity contribution in [3.8, 4) is 28.3 Å². The minimum Gasteiger partial charge on any atom is -0.480 e. The highest BCUT2D eigenvalue weighted by molar-refractivity contribution is 6.38. The summed E-state index contributed by atoms with van der Waals surface area (Å²) in [6.45, 7) is 1.15. The van der Waals surface area contributed by atoms with Crippen LogP contribution in [0.4, 0.5) is 0 Å². The van der Waals surface area contributed by atoms with Crippen molar-refractivity contribution in [2.45, 2.75) is 25.4 Å². The maximum atomic E-state index is 11.3. The Kier molecular flexibility index (Phi) is 6.70. The summed E-state index contributed by atoms with van der Waals surface area (Å²) in [5, 5.41) is 7.42. The first-order valence-corrected chi connectivity index (χ1v) is 10.8. The molecule has 6 nitrogen and oxygen atoms in total. The molecule has 3 aromatic rings. The Morgan fingerprint density at radius 2 is 1.90 bits per heavy atom. The minimum absolute atomic E-state index is 0.101. The highest BCUT2D eigenvalue weighted by Gasteiger charge is 2.20. The van der Waals surface area contributed by atoms with Gasteiger partial charge in [-0.3, -0.25) is 9.78 Å². The van der Waals surface area contributed by atoms with Crippen LogP contribution in [-0.4, -0.2) is 35.6 Å². The zero-order valence-electron chi connectivity index (χ0n) is 17.0. The quantitative estimate of drug-likeness (QED) is 0.547. The van der Waals surface area contributed by atoms with Crippen molar-refractivity contribution < 1.29 is 9.53 Å². The molecule has 2 heterocycles. The monoisotopic (exact) mass is 456 g/mol. The zero-order chi connectivity index (χ0) is 21.8. The Hall–Kier alpha value is -2.67. The molecule has 1 amide bonds. The van der Waals surface area contributed by atoms with Crippen LogP contribution in [0.15, 0.2) is 48.7 Å². The molecule has 1 aliphatic heterocycles. The van der Waals surface area contributed by atoms with Crippen LogP contribution in [-0.2, 0) is 11.3 Å². The average Bonchev–Trinajstić information content (AvgIpc) is 3.20. The fraction of sp³-hybridized carbons (Fsp3) is 0.261. The Bertz CT molecular complexity index is 1110. The minimum atomic E-state index is 0.101. The predicted octanol–water partition coefficient (Wildman–Crippen LogP) is 4.49. The molecule has 1 atom stereocenters. The summed E-state index contributed by atoms with van der Waals surface area (Å²) in [4.78, 5) is 20.5. The zero-order valence-corrected chi connectivity index (χ0v) is 18.5. The lowest BCUT2D eigenvalue weighted by Gasteiger charge is -2.14. The average molecular weight is 457 g/mol. The van der Waals surface area contributed by atoms with Crippen LogP contribution in [0.2, 0.25) is 10.0 Å². The van der Waals surface area contributed by atoms with Gasteiger partial charge in [0.05, 0.1) is 24.0 Å². The number of rotatable bonds is 7. The topological polar surface area (TPSA) is 76.1 Å². The lowest BCUT2D eigenvalue weighted by atomic mass is 10.0. The summed E-state index contributed by atoms with van der Waals surface area (Å²) < 4.78 is 5.47. The van der Waals surface area contributed by atoms with Crippen molar-refractivity contribution in [2.24, 2.45) is 0 Å². The number of hydrogen-bond donors (Lipinski definition) is 2. The van der Waals surface area contributed by atoms with Gasteiger partial charge in [0.15, 0.2) is 0 Å². The van der Waals surface area contributed by atoms with E-state index in [4.69, 9.17) is 27.9 Å². The molecule has 2 aromatic carbocycles. The van der Waals surface area contributed by atoms with Gasteiger partial charge in [-0.2, -0.15) is 0 Å². The van der Waals surface area contributed by atoms with Crippen LogP contribution < -0.4 is 15.4 Å². The number of hydrogen-bond acceptors (Lipinski definition) is 5. The van der Waals surface area contributed by atoms with Crippen molar-refractivity contribution >= 4 is 29.1 Å². The number of amides is 1. The van der Waals surface area contributed by atoms with Crippen LogP contribution in [0.1, 0.15) is 18.5 Å². The number of carbonyl (C=O) groups is 1. The molecule has 31 heavy (non-hydrogen) atoms. The molecule has 0 aliphatic carbocycles. The van der Waals surface area contributed by atoms with E-state index in [-0.39, 0.29) is 11.9 Å². The number of nitrogens with one attached hydrogen (secondary N) is 2. The molecule has 2 N–H and O–H groups in total. The molecule has 0 saturated carbocycles. The third-order valence-electron chi connectivity index (χ3n) is 5.21. The number of methoxy groups -OCH3 is 1. The van der Waals surface area contributed by atoms with E-state index in [2.05, 4.69) is 20.6 Å². The van der Waals surface area contributed by atoms with E-state index >= 15 is 0 Å². The lowest BCUT2D eigenvalue weighted by Crippen LogP contribution is -2.35. The van der Waals surface area contributed by atoms with Crippen molar-refractivity contribution in [3.63, 3.8) is 0 Å². The molecule has 0 unspecified atom stereocenters. The molecule has 0 spiro atoms. The molecule has 1 fully saturated rings. The van der Waals surface area contributed by atoms with E-state index in [1.54, 1.807) is 13.3 Å². The first-order chi connectivity index (χ1) is 15.1. The fourth-order valence-electron chi connectivity index (χ4n) is 3.62. The second-order valence-corrected chi connectivity index (χ2v) is 8.08. The Balaban J connectivity index is 1.56. The van der Waals surface area contributed by atoms with Crippen LogP contribution in [0, 0.1) is 0 Å². The van der Waals surface area contributed by atoms with Crippen molar-refractivity contribution in [3.05, 3.63) is 64.4 Å². The van der Waals surface area contributed by atoms with Crippen LogP contribution in [0.5, 0.6) is 5.88 Å². The SMILES string of the molecule is COc1nc(-c2cccc(-c3ccccc3Cl)c2Cl)cnc1CNC[C@@H]1CCC(=O)N1. The Morgan fingerprint density at radius 3 is 2.65 bits per heavy atom. The Labute approximate surface area is 191 Å². The van der Waals surface area contributed by atoms with Crippen LogP contribution in [0.25, 0.3) is 22.4 Å². The second kappa shape index (κ2) is 9.64. The highest BCUT2D eigenvalue weighted by atomic mass is 35.5. The summed E-state index contributed by atoms with van der Waals surface area (Å²) in [6, 6.07) is 13.5. The molecule has 0 bridgehead atoms. The summed E-state index contributed by atoms with van der Waals surface area (Å²) in [6.07, 6.45) is 3.11. The van der Waals surface area contributed by atoms with Gasteiger partial charge in [-0.1, -0.05) is 59.6 Å². The summed E-state index contributed by atoms with van der Waals surface area (Å²) in [5.41, 5.74) is 3.74. The van der Waals surface area contributed by atoms with Gasteiger partial charge in [-0.25, -0.2) is 4.98 Å². The van der Waals surface area contributed by atoms with Gasteiger partial charge in [0.2, 0.25) is 11.8 Å². The van der Waals surface area contributed by atoms with Gasteiger partial charge in [0, 0.05) is 47.3 Å². The summed E-state index contributed by atoms with van der Waals surface area (Å²) in [5.74, 6) is 0.532. The summed E-state index contributed by atoms with van der Waals surface area (Å²) in [7, 11) is 1.57. The first kappa shape index (κ1) is 21.6. The van der Waals surface area contributed by atoms with Crippen molar-refractivity contribution in [1.29, 1.82) is 0 Å². The van der Waals surface area contributed by atoms with E-state index in [0.29, 0.717) is 46.8 Å². The molecule has 160 valence electrons. The maximum Gasteiger partial charge on any atom is 0.237 e. The summed E-state index contributed by atoms with van der Waals surface area (Å²) >= 11 is 13.1. The lowest BCUT2D eigenvalue weighted by molar-refractivity contribution is -0.119. The largest absolute Gasteiger partial charge is 0.480 e. The van der Waals surface area contributed by atoms with Gasteiger partial charge >= 0.3 is 0 Å². The molecular weight excluding hydrogens is 435 g/mol. The molecule has 1 saturated heterocycles. The normalized spacial score (nSPS) is 15.7. The number of benzene rings is 2. The molecule has 0 radical (unpaired) electrons. The highest BCUT2D eigenvalue weighted by Crippen LogP contribution is 2.38. The molecule has 1 aromatic heterocycles. The van der Waals surface area contributed by atoms with Gasteiger partial charge in [-0.05, 0) is 12.5 Å². The van der Waals surface area contributed by atoms with Gasteiger partial charge in [0.25, 0.3) is 0 Å². The standard InChI is InChI=1S/C23H22Cl2N4O2/c1-31-23-20(12-26-11-14-9-10-21(30)28-14)27-13-19(29-23)17-7-4-6-16(22(17)25)15-5-2-3-8-18(15)24/h2-8,13-14,26H,9-12H2,1H3,(H,28,30)/t14-/m0/s1. The molecule has 4 rings (SSSR count).